The average molecular weight is 148 g/mol. The van der Waals surface area contributed by atoms with Crippen molar-refractivity contribution in [1.29, 1.82) is 0 Å². The molecule has 0 rings (SSSR count). The van der Waals surface area contributed by atoms with Crippen molar-refractivity contribution in [3.63, 3.8) is 0 Å². The highest BCUT2D eigenvalue weighted by Gasteiger charge is 1.27. The van der Waals surface area contributed by atoms with Gasteiger partial charge in [0.25, 0.3) is 0 Å². The van der Waals surface area contributed by atoms with E-state index in [2.05, 4.69) is 11.9 Å². The molecule has 0 aromatic heterocycles. The van der Waals surface area contributed by atoms with Gasteiger partial charge in [-0.1, -0.05) is 20.4 Å². The Morgan fingerprint density at radius 2 is 1.12 bits per heavy atom. The summed E-state index contributed by atoms with van der Waals surface area (Å²) in [5.74, 6) is 0. The van der Waals surface area contributed by atoms with Gasteiger partial charge in [0.15, 0.2) is 9.49 Å². The third-order valence-electron chi connectivity index (χ3n) is 0. The topological polar surface area (TPSA) is 123 Å². The molecule has 8 heteroatoms. The molecule has 0 unspecified atom stereocenters. The zero-order valence-corrected chi connectivity index (χ0v) is 4.03. The molecule has 0 aliphatic heterocycles. The highest BCUT2D eigenvalue weighted by atomic mass is 35.5. The lowest BCUT2D eigenvalue weighted by Gasteiger charge is -1.19. The van der Waals surface area contributed by atoms with Crippen LogP contribution in [0.15, 0.2) is 0 Å². The fourth-order valence-electron chi connectivity index (χ4n) is 0. The maximum Gasteiger partial charge on any atom is 0.154 e. The zero-order chi connectivity index (χ0) is 7.41. The molecule has 8 heavy (non-hydrogen) atoms. The lowest BCUT2D eigenvalue weighted by atomic mass is 14.8. The van der Waals surface area contributed by atoms with Crippen molar-refractivity contribution in [1.82, 2.24) is 0 Å². The van der Waals surface area contributed by atoms with Crippen LogP contribution in [0.4, 0.5) is 0 Å². The summed E-state index contributed by atoms with van der Waals surface area (Å²) in [7, 11) is 0. The molecular weight excluding hydrogens is 147 g/mol. The zero-order valence-electron chi connectivity index (χ0n) is 3.27. The van der Waals surface area contributed by atoms with E-state index in [0.29, 0.717) is 0 Å². The first-order chi connectivity index (χ1) is 3.83. The number of hydrogen-bond donors (Lipinski definition) is 1. The van der Waals surface area contributed by atoms with Crippen molar-refractivity contribution in [2.75, 3.05) is 0 Å². The van der Waals surface area contributed by atoms with Gasteiger partial charge in [0.05, 0.1) is 11.9 Å². The molecule has 1 N–H and O–H groups in total. The molecule has 0 saturated heterocycles. The van der Waals surface area contributed by atoms with Crippen molar-refractivity contribution in [2.24, 2.45) is 0 Å². The molecule has 0 saturated carbocycles. The Hall–Kier alpha value is -0.950. The van der Waals surface area contributed by atoms with Crippen molar-refractivity contribution in [2.45, 2.75) is 0 Å². The Morgan fingerprint density at radius 1 is 1.12 bits per heavy atom. The summed E-state index contributed by atoms with van der Waals surface area (Å²) in [4.78, 5) is 15.8. The van der Waals surface area contributed by atoms with Crippen LogP contribution in [-0.4, -0.2) is 4.66 Å². The van der Waals surface area contributed by atoms with Gasteiger partial charge in [-0.15, -0.1) is 0 Å². The predicted octanol–water partition coefficient (Wildman–Crippen LogP) is -2.11. The van der Waals surface area contributed by atoms with Crippen LogP contribution in [0.5, 0.6) is 0 Å². The molecule has 0 heterocycles. The van der Waals surface area contributed by atoms with E-state index in [9.17, 15) is 0 Å². The second kappa shape index (κ2) is 140. The van der Waals surface area contributed by atoms with E-state index >= 15 is 0 Å². The van der Waals surface area contributed by atoms with E-state index in [0.717, 1.165) is 0 Å². The summed E-state index contributed by atoms with van der Waals surface area (Å²) in [6, 6.07) is 0. The fourth-order valence-corrected chi connectivity index (χ4v) is 0. The van der Waals surface area contributed by atoms with Crippen LogP contribution in [0.3, 0.4) is 0 Å². The van der Waals surface area contributed by atoms with E-state index in [4.69, 9.17) is 25.1 Å². The minimum Gasteiger partial charge on any atom is -0.295 e. The summed E-state index contributed by atoms with van der Waals surface area (Å²) in [6.45, 7) is 0. The van der Waals surface area contributed by atoms with Gasteiger partial charge in [0, 0.05) is 0 Å². The third kappa shape index (κ3) is 91.8. The maximum absolute atomic E-state index is 7.88. The van der Waals surface area contributed by atoms with E-state index in [-0.39, 0.29) is 0 Å². The van der Waals surface area contributed by atoms with Crippen LogP contribution in [0.1, 0.15) is 0 Å². The predicted molar refractivity (Wildman–Crippen MR) is 21.5 cm³/mol. The number of hydrogen-bond acceptors (Lipinski definition) is 5. The van der Waals surface area contributed by atoms with E-state index in [1.54, 1.807) is 9.49 Å². The molecule has 0 radical (unpaired) electrons. The summed E-state index contributed by atoms with van der Waals surface area (Å²) >= 11 is 3.64. The largest absolute Gasteiger partial charge is 0.295 e. The quantitative estimate of drug-likeness (QED) is 0.239. The van der Waals surface area contributed by atoms with Crippen LogP contribution < -0.4 is 10.5 Å². The van der Waals surface area contributed by atoms with Gasteiger partial charge < -0.3 is 0 Å². The monoisotopic (exact) mass is 148 g/mol. The summed E-state index contributed by atoms with van der Waals surface area (Å²) in [5.41, 5.74) is 0. The molecule has 0 aliphatic rings. The Bertz CT molecular complexity index is 25.4. The summed E-state index contributed by atoms with van der Waals surface area (Å²) in [5, 5.41) is 15.8. The SMILES string of the molecule is O=[O+][O-].O=[O+][O-].OCl. The summed E-state index contributed by atoms with van der Waals surface area (Å²) < 4.78 is 9.97. The second-order valence-electron chi connectivity index (χ2n) is 0.136. The first kappa shape index (κ1) is 15.7. The third-order valence-corrected chi connectivity index (χ3v) is 0. The lowest BCUT2D eigenvalue weighted by Crippen LogP contribution is -1.82. The van der Waals surface area contributed by atoms with Gasteiger partial charge in [-0.05, 0) is 0 Å². The van der Waals surface area contributed by atoms with Crippen LogP contribution in [-0.2, 0) is 0 Å². The molecule has 0 aliphatic carbocycles. The molecule has 0 amide bonds. The highest BCUT2D eigenvalue weighted by Crippen LogP contribution is 1.31. The van der Waals surface area contributed by atoms with Crippen LogP contribution in [0.2, 0.25) is 0 Å². The minimum absolute atomic E-state index is 1.75. The standard InChI is InChI=1S/ClHO.2O3/c1-2;2*1-3-2/h2H;;. The smallest absolute Gasteiger partial charge is 0.154 e. The van der Waals surface area contributed by atoms with Gasteiger partial charge in [0.2, 0.25) is 0 Å². The number of halogens is 1. The second-order valence-corrected chi connectivity index (χ2v) is 0.136. The van der Waals surface area contributed by atoms with Crippen molar-refractivity contribution in [3.8, 4) is 0 Å². The van der Waals surface area contributed by atoms with Crippen molar-refractivity contribution in [3.05, 3.63) is 19.4 Å². The number of rotatable bonds is 0. The summed E-state index contributed by atoms with van der Waals surface area (Å²) in [6.07, 6.45) is 0. The molecule has 7 nitrogen and oxygen atoms in total. The first-order valence-electron chi connectivity index (χ1n) is 0.836. The molecular formula is HClO7. The lowest BCUT2D eigenvalue weighted by molar-refractivity contribution is -0.285. The van der Waals surface area contributed by atoms with Crippen LogP contribution >= 0.6 is 11.9 Å². The molecule has 0 aromatic carbocycles. The van der Waals surface area contributed by atoms with Crippen molar-refractivity contribution >= 4 is 11.9 Å². The minimum atomic E-state index is 1.75. The molecule has 0 aromatic rings. The Labute approximate surface area is 47.6 Å². The van der Waals surface area contributed by atoms with Gasteiger partial charge >= 0.3 is 0 Å². The Kier molecular flexibility index (Phi) is 275. The van der Waals surface area contributed by atoms with Crippen LogP contribution in [0.25, 0.3) is 0 Å². The van der Waals surface area contributed by atoms with Crippen molar-refractivity contribution < 1.29 is 15.2 Å². The average Bonchev–Trinajstić information content (AvgIpc) is 1.75. The Morgan fingerprint density at radius 3 is 1.12 bits per heavy atom. The van der Waals surface area contributed by atoms with E-state index in [1.165, 1.54) is 0 Å². The highest BCUT2D eigenvalue weighted by molar-refractivity contribution is 6.04. The van der Waals surface area contributed by atoms with E-state index < -0.39 is 0 Å². The molecule has 0 bridgehead atoms. The Balaban J connectivity index is -0.0000000483. The first-order valence-corrected chi connectivity index (χ1v) is 1.17. The van der Waals surface area contributed by atoms with Gasteiger partial charge in [0.1, 0.15) is 0 Å². The molecule has 50 valence electrons. The van der Waals surface area contributed by atoms with Crippen LogP contribution in [0, 0.1) is 19.4 Å². The molecule has 0 spiro atoms. The normalized spacial score (nSPS) is 3.75. The molecule has 0 fully saturated rings. The molecule has 0 atom stereocenters. The van der Waals surface area contributed by atoms with E-state index in [1.807, 2.05) is 0 Å². The fraction of sp³-hybridized carbons (Fsp3) is 0. The van der Waals surface area contributed by atoms with Gasteiger partial charge in [-0.3, -0.25) is 4.66 Å². The van der Waals surface area contributed by atoms with Gasteiger partial charge in [-0.25, -0.2) is 0 Å². The maximum atomic E-state index is 7.88. The van der Waals surface area contributed by atoms with Gasteiger partial charge in [-0.2, -0.15) is 0 Å².